The lowest BCUT2D eigenvalue weighted by atomic mass is 9.88. The van der Waals surface area contributed by atoms with E-state index in [1.54, 1.807) is 12.1 Å². The second-order valence-electron chi connectivity index (χ2n) is 6.88. The fourth-order valence-electron chi connectivity index (χ4n) is 3.92. The number of hydrogen-bond acceptors (Lipinski definition) is 2. The van der Waals surface area contributed by atoms with Crippen LogP contribution in [0.25, 0.3) is 0 Å². The van der Waals surface area contributed by atoms with Crippen molar-refractivity contribution in [1.82, 2.24) is 5.32 Å². The third-order valence-corrected chi connectivity index (χ3v) is 5.42. The first kappa shape index (κ1) is 15.1. The molecule has 1 aliphatic heterocycles. The quantitative estimate of drug-likeness (QED) is 0.879. The van der Waals surface area contributed by atoms with E-state index in [0.29, 0.717) is 16.6 Å². The van der Waals surface area contributed by atoms with Crippen LogP contribution in [0.3, 0.4) is 0 Å². The Hall–Kier alpha value is -0.800. The van der Waals surface area contributed by atoms with Gasteiger partial charge in [-0.2, -0.15) is 0 Å². The Kier molecular flexibility index (Phi) is 4.15. The van der Waals surface area contributed by atoms with Gasteiger partial charge in [-0.05, 0) is 30.9 Å². The number of hydrogen-bond donors (Lipinski definition) is 1. The fraction of sp³-hybridized carbons (Fsp3) is 0.647. The van der Waals surface area contributed by atoms with Crippen molar-refractivity contribution in [3.63, 3.8) is 0 Å². The molecule has 3 rings (SSSR count). The molecule has 0 aromatic heterocycles. The zero-order valence-electron chi connectivity index (χ0n) is 12.8. The molecule has 1 saturated heterocycles. The smallest absolute Gasteiger partial charge is 0.148 e. The van der Waals surface area contributed by atoms with Crippen LogP contribution in [-0.4, -0.2) is 24.7 Å². The number of anilines is 1. The van der Waals surface area contributed by atoms with E-state index in [1.165, 1.54) is 31.7 Å². The Bertz CT molecular complexity index is 491. The Morgan fingerprint density at radius 2 is 2.05 bits per heavy atom. The molecule has 1 aromatic carbocycles. The van der Waals surface area contributed by atoms with Gasteiger partial charge in [0.15, 0.2) is 0 Å². The average molecular weight is 311 g/mol. The lowest BCUT2D eigenvalue weighted by molar-refractivity contribution is 0.244. The minimum atomic E-state index is -0.205. The Balaban J connectivity index is 1.97. The van der Waals surface area contributed by atoms with Gasteiger partial charge in [0.25, 0.3) is 0 Å². The number of piperazine rings is 1. The molecule has 1 saturated carbocycles. The molecular formula is C17H24ClFN2. The maximum absolute atomic E-state index is 14.4. The Morgan fingerprint density at radius 1 is 1.33 bits per heavy atom. The normalized spacial score (nSPS) is 25.0. The van der Waals surface area contributed by atoms with Crippen LogP contribution in [0.15, 0.2) is 18.2 Å². The van der Waals surface area contributed by atoms with E-state index < -0.39 is 0 Å². The zero-order chi connectivity index (χ0) is 15.0. The van der Waals surface area contributed by atoms with Crippen molar-refractivity contribution in [2.75, 3.05) is 18.0 Å². The molecule has 2 nitrogen and oxygen atoms in total. The van der Waals surface area contributed by atoms with Crippen LogP contribution in [0.5, 0.6) is 0 Å². The highest BCUT2D eigenvalue weighted by Crippen LogP contribution is 2.39. The molecule has 1 N–H and O–H groups in total. The van der Waals surface area contributed by atoms with Gasteiger partial charge >= 0.3 is 0 Å². The van der Waals surface area contributed by atoms with Gasteiger partial charge in [0.05, 0.1) is 10.7 Å². The third kappa shape index (κ3) is 2.78. The summed E-state index contributed by atoms with van der Waals surface area (Å²) < 4.78 is 14.4. The molecule has 1 aromatic rings. The summed E-state index contributed by atoms with van der Waals surface area (Å²) in [5.74, 6) is 0.245. The van der Waals surface area contributed by atoms with E-state index in [2.05, 4.69) is 24.1 Å². The van der Waals surface area contributed by atoms with Crippen molar-refractivity contribution < 1.29 is 4.39 Å². The van der Waals surface area contributed by atoms with Crippen molar-refractivity contribution >= 4 is 17.3 Å². The molecule has 21 heavy (non-hydrogen) atoms. The highest BCUT2D eigenvalue weighted by molar-refractivity contribution is 6.33. The summed E-state index contributed by atoms with van der Waals surface area (Å²) >= 11 is 6.33. The molecule has 4 heteroatoms. The number of para-hydroxylation sites is 1. The average Bonchev–Trinajstić information content (AvgIpc) is 2.86. The van der Waals surface area contributed by atoms with E-state index in [9.17, 15) is 4.39 Å². The van der Waals surface area contributed by atoms with Gasteiger partial charge in [0, 0.05) is 24.7 Å². The third-order valence-electron chi connectivity index (χ3n) is 5.11. The van der Waals surface area contributed by atoms with Gasteiger partial charge in [-0.25, -0.2) is 4.39 Å². The van der Waals surface area contributed by atoms with Gasteiger partial charge in [-0.15, -0.1) is 0 Å². The van der Waals surface area contributed by atoms with Crippen LogP contribution >= 0.6 is 11.6 Å². The van der Waals surface area contributed by atoms with Gasteiger partial charge < -0.3 is 10.2 Å². The zero-order valence-corrected chi connectivity index (χ0v) is 13.6. The standard InChI is InChI=1S/C17H24ClFN2/c1-12(2)15-10-20-17(8-3-4-9-17)11-21(15)16-13(18)6-5-7-14(16)19/h5-7,12,15,20H,3-4,8-11H2,1-2H3. The predicted molar refractivity (Wildman–Crippen MR) is 86.6 cm³/mol. The molecule has 2 fully saturated rings. The second kappa shape index (κ2) is 5.77. The molecule has 1 unspecified atom stereocenters. The number of benzene rings is 1. The molecule has 1 spiro atoms. The summed E-state index contributed by atoms with van der Waals surface area (Å²) in [6, 6.07) is 5.27. The molecule has 0 radical (unpaired) electrons. The molecule has 0 bridgehead atoms. The molecule has 116 valence electrons. The lowest BCUT2D eigenvalue weighted by Crippen LogP contribution is -2.64. The van der Waals surface area contributed by atoms with Crippen molar-refractivity contribution in [3.05, 3.63) is 29.0 Å². The summed E-state index contributed by atoms with van der Waals surface area (Å²) in [6.07, 6.45) is 4.89. The van der Waals surface area contributed by atoms with Crippen LogP contribution in [-0.2, 0) is 0 Å². The van der Waals surface area contributed by atoms with Crippen molar-refractivity contribution in [1.29, 1.82) is 0 Å². The molecule has 2 aliphatic rings. The molecule has 1 aliphatic carbocycles. The number of nitrogens with zero attached hydrogens (tertiary/aromatic N) is 1. The maximum atomic E-state index is 14.4. The van der Waals surface area contributed by atoms with Gasteiger partial charge in [-0.3, -0.25) is 0 Å². The van der Waals surface area contributed by atoms with Crippen molar-refractivity contribution in [2.45, 2.75) is 51.1 Å². The topological polar surface area (TPSA) is 15.3 Å². The number of nitrogens with one attached hydrogen (secondary N) is 1. The first-order chi connectivity index (χ1) is 10.0. The molecular weight excluding hydrogens is 287 g/mol. The highest BCUT2D eigenvalue weighted by atomic mass is 35.5. The first-order valence-electron chi connectivity index (χ1n) is 7.98. The minimum absolute atomic E-state index is 0.150. The SMILES string of the molecule is CC(C)C1CNC2(CCCC2)CN1c1c(F)cccc1Cl. The van der Waals surface area contributed by atoms with Crippen LogP contribution in [0.1, 0.15) is 39.5 Å². The van der Waals surface area contributed by atoms with E-state index >= 15 is 0 Å². The minimum Gasteiger partial charge on any atom is -0.362 e. The van der Waals surface area contributed by atoms with Gasteiger partial charge in [0.2, 0.25) is 0 Å². The van der Waals surface area contributed by atoms with E-state index in [0.717, 1.165) is 13.1 Å². The van der Waals surface area contributed by atoms with Gasteiger partial charge in [0.1, 0.15) is 5.82 Å². The number of halogens is 2. The Labute approximate surface area is 131 Å². The van der Waals surface area contributed by atoms with Gasteiger partial charge in [-0.1, -0.05) is 44.4 Å². The van der Waals surface area contributed by atoms with E-state index in [-0.39, 0.29) is 17.4 Å². The predicted octanol–water partition coefficient (Wildman–Crippen LogP) is 4.23. The lowest BCUT2D eigenvalue weighted by Gasteiger charge is -2.49. The summed E-state index contributed by atoms with van der Waals surface area (Å²) in [6.45, 7) is 6.15. The Morgan fingerprint density at radius 3 is 2.67 bits per heavy atom. The summed E-state index contributed by atoms with van der Waals surface area (Å²) in [5.41, 5.74) is 0.738. The molecule has 1 atom stereocenters. The van der Waals surface area contributed by atoms with Crippen LogP contribution < -0.4 is 10.2 Å². The van der Waals surface area contributed by atoms with Crippen LogP contribution in [0, 0.1) is 11.7 Å². The van der Waals surface area contributed by atoms with Crippen LogP contribution in [0.2, 0.25) is 5.02 Å². The maximum Gasteiger partial charge on any atom is 0.148 e. The number of rotatable bonds is 2. The molecule has 1 heterocycles. The first-order valence-corrected chi connectivity index (χ1v) is 8.36. The van der Waals surface area contributed by atoms with Crippen molar-refractivity contribution in [2.24, 2.45) is 5.92 Å². The largest absolute Gasteiger partial charge is 0.362 e. The van der Waals surface area contributed by atoms with E-state index in [4.69, 9.17) is 11.6 Å². The fourth-order valence-corrected chi connectivity index (χ4v) is 4.19. The van der Waals surface area contributed by atoms with Crippen LogP contribution in [0.4, 0.5) is 10.1 Å². The monoisotopic (exact) mass is 310 g/mol. The summed E-state index contributed by atoms with van der Waals surface area (Å²) in [5, 5.41) is 4.28. The summed E-state index contributed by atoms with van der Waals surface area (Å²) in [4.78, 5) is 2.23. The van der Waals surface area contributed by atoms with Crippen molar-refractivity contribution in [3.8, 4) is 0 Å². The van der Waals surface area contributed by atoms with E-state index in [1.807, 2.05) is 0 Å². The summed E-state index contributed by atoms with van der Waals surface area (Å²) in [7, 11) is 0. The second-order valence-corrected chi connectivity index (χ2v) is 7.29. The highest BCUT2D eigenvalue weighted by Gasteiger charge is 2.42. The molecule has 0 amide bonds.